The molecule has 0 unspecified atom stereocenters. The molecule has 0 aliphatic carbocycles. The molecule has 0 fully saturated rings. The van der Waals surface area contributed by atoms with Gasteiger partial charge < -0.3 is 5.32 Å². The van der Waals surface area contributed by atoms with Crippen LogP contribution in [0, 0.1) is 0 Å². The van der Waals surface area contributed by atoms with Crippen LogP contribution in [0.4, 0.5) is 5.82 Å². The number of nitrogens with one attached hydrogen (secondary N) is 2. The molecule has 102 valence electrons. The second-order valence-corrected chi connectivity index (χ2v) is 5.85. The van der Waals surface area contributed by atoms with Crippen LogP contribution >= 0.6 is 0 Å². The summed E-state index contributed by atoms with van der Waals surface area (Å²) in [6.07, 6.45) is 5.56. The first-order chi connectivity index (χ1) is 8.60. The summed E-state index contributed by atoms with van der Waals surface area (Å²) in [6.45, 7) is 2.61. The fraction of sp³-hybridized carbons (Fsp3) is 0.583. The summed E-state index contributed by atoms with van der Waals surface area (Å²) in [5.41, 5.74) is 0. The lowest BCUT2D eigenvalue weighted by atomic mass is 10.2. The Morgan fingerprint density at radius 3 is 2.56 bits per heavy atom. The Kier molecular flexibility index (Phi) is 6.07. The summed E-state index contributed by atoms with van der Waals surface area (Å²) in [6, 6.07) is 3.19. The summed E-state index contributed by atoms with van der Waals surface area (Å²) in [7, 11) is -1.67. The normalized spacial score (nSPS) is 11.4. The van der Waals surface area contributed by atoms with E-state index >= 15 is 0 Å². The third-order valence-electron chi connectivity index (χ3n) is 2.63. The van der Waals surface area contributed by atoms with Crippen molar-refractivity contribution in [1.29, 1.82) is 0 Å². The largest absolute Gasteiger partial charge is 0.373 e. The number of sulfonamides is 1. The van der Waals surface area contributed by atoms with Crippen LogP contribution in [0.5, 0.6) is 0 Å². The number of aromatic nitrogens is 1. The van der Waals surface area contributed by atoms with E-state index in [2.05, 4.69) is 21.9 Å². The second-order valence-electron chi connectivity index (χ2n) is 4.09. The molecule has 0 saturated heterocycles. The Bertz CT molecular complexity index is 443. The van der Waals surface area contributed by atoms with E-state index in [1.54, 1.807) is 19.2 Å². The van der Waals surface area contributed by atoms with Gasteiger partial charge >= 0.3 is 0 Å². The Balaban J connectivity index is 2.51. The zero-order valence-electron chi connectivity index (χ0n) is 10.9. The van der Waals surface area contributed by atoms with E-state index in [0.717, 1.165) is 25.7 Å². The lowest BCUT2D eigenvalue weighted by Gasteiger charge is -2.07. The molecule has 0 amide bonds. The van der Waals surface area contributed by atoms with Gasteiger partial charge in [-0.05, 0) is 18.6 Å². The van der Waals surface area contributed by atoms with Crippen LogP contribution in [-0.2, 0) is 10.0 Å². The van der Waals surface area contributed by atoms with Gasteiger partial charge in [-0.1, -0.05) is 26.2 Å². The molecule has 1 heterocycles. The minimum atomic E-state index is -3.41. The molecule has 2 N–H and O–H groups in total. The van der Waals surface area contributed by atoms with Gasteiger partial charge in [-0.25, -0.2) is 18.1 Å². The van der Waals surface area contributed by atoms with Gasteiger partial charge in [0.05, 0.1) is 0 Å². The van der Waals surface area contributed by atoms with Gasteiger partial charge in [0.25, 0.3) is 0 Å². The van der Waals surface area contributed by atoms with Crippen LogP contribution in [0.25, 0.3) is 0 Å². The van der Waals surface area contributed by atoms with Crippen molar-refractivity contribution in [2.24, 2.45) is 0 Å². The quantitative estimate of drug-likeness (QED) is 0.709. The van der Waals surface area contributed by atoms with Crippen molar-refractivity contribution in [3.05, 3.63) is 18.3 Å². The molecule has 1 aromatic rings. The minimum absolute atomic E-state index is 0.206. The Hall–Kier alpha value is -1.14. The Labute approximate surface area is 109 Å². The number of anilines is 1. The standard InChI is InChI=1S/C12H21N3O2S/c1-3-4-5-6-9-15-18(16,17)11-7-8-12(13-2)14-10-11/h7-8,10,15H,3-6,9H2,1-2H3,(H,13,14). The van der Waals surface area contributed by atoms with Crippen LogP contribution in [0.1, 0.15) is 32.6 Å². The van der Waals surface area contributed by atoms with Crippen LogP contribution in [0.15, 0.2) is 23.2 Å². The summed E-state index contributed by atoms with van der Waals surface area (Å²) >= 11 is 0. The SMILES string of the molecule is CCCCCCNS(=O)(=O)c1ccc(NC)nc1. The smallest absolute Gasteiger partial charge is 0.242 e. The molecule has 5 nitrogen and oxygen atoms in total. The number of nitrogens with zero attached hydrogens (tertiary/aromatic N) is 1. The first-order valence-corrected chi connectivity index (χ1v) is 7.72. The van der Waals surface area contributed by atoms with Crippen molar-refractivity contribution >= 4 is 15.8 Å². The molecule has 0 aromatic carbocycles. The summed E-state index contributed by atoms with van der Waals surface area (Å²) in [5.74, 6) is 0.650. The molecule has 18 heavy (non-hydrogen) atoms. The number of unbranched alkanes of at least 4 members (excludes halogenated alkanes) is 3. The van der Waals surface area contributed by atoms with Crippen molar-refractivity contribution in [3.63, 3.8) is 0 Å². The first kappa shape index (κ1) is 14.9. The summed E-state index contributed by atoms with van der Waals surface area (Å²) in [5, 5.41) is 2.85. The van der Waals surface area contributed by atoms with E-state index in [1.807, 2.05) is 0 Å². The molecule has 0 radical (unpaired) electrons. The maximum absolute atomic E-state index is 11.9. The van der Waals surface area contributed by atoms with Gasteiger partial charge in [0.1, 0.15) is 10.7 Å². The van der Waals surface area contributed by atoms with Gasteiger partial charge in [-0.15, -0.1) is 0 Å². The van der Waals surface area contributed by atoms with Crippen LogP contribution in [0.2, 0.25) is 0 Å². The fourth-order valence-electron chi connectivity index (χ4n) is 1.53. The number of rotatable bonds is 8. The average Bonchev–Trinajstić information content (AvgIpc) is 2.38. The van der Waals surface area contributed by atoms with E-state index in [0.29, 0.717) is 12.4 Å². The third-order valence-corrected chi connectivity index (χ3v) is 4.07. The van der Waals surface area contributed by atoms with Gasteiger partial charge in [0.2, 0.25) is 10.0 Å². The lowest BCUT2D eigenvalue weighted by Crippen LogP contribution is -2.24. The van der Waals surface area contributed by atoms with Crippen LogP contribution < -0.4 is 10.0 Å². The Morgan fingerprint density at radius 2 is 2.00 bits per heavy atom. The van der Waals surface area contributed by atoms with E-state index in [4.69, 9.17) is 0 Å². The highest BCUT2D eigenvalue weighted by molar-refractivity contribution is 7.89. The molecule has 6 heteroatoms. The second kappa shape index (κ2) is 7.33. The fourth-order valence-corrected chi connectivity index (χ4v) is 2.55. The Morgan fingerprint density at radius 1 is 1.22 bits per heavy atom. The van der Waals surface area contributed by atoms with Crippen molar-refractivity contribution in [2.45, 2.75) is 37.5 Å². The van der Waals surface area contributed by atoms with E-state index in [9.17, 15) is 8.42 Å². The predicted molar refractivity (Wildman–Crippen MR) is 73.1 cm³/mol. The molecule has 1 rings (SSSR count). The highest BCUT2D eigenvalue weighted by Crippen LogP contribution is 2.10. The van der Waals surface area contributed by atoms with E-state index in [1.165, 1.54) is 6.20 Å². The molecule has 0 aliphatic rings. The highest BCUT2D eigenvalue weighted by Gasteiger charge is 2.13. The molecule has 0 atom stereocenters. The van der Waals surface area contributed by atoms with Crippen molar-refractivity contribution in [2.75, 3.05) is 18.9 Å². The molecule has 0 aliphatic heterocycles. The van der Waals surface area contributed by atoms with Gasteiger partial charge in [0.15, 0.2) is 0 Å². The topological polar surface area (TPSA) is 71.1 Å². The maximum Gasteiger partial charge on any atom is 0.242 e. The maximum atomic E-state index is 11.9. The molecular weight excluding hydrogens is 250 g/mol. The molecule has 0 spiro atoms. The monoisotopic (exact) mass is 271 g/mol. The lowest BCUT2D eigenvalue weighted by molar-refractivity contribution is 0.573. The summed E-state index contributed by atoms with van der Waals surface area (Å²) in [4.78, 5) is 4.20. The number of pyridine rings is 1. The van der Waals surface area contributed by atoms with Crippen molar-refractivity contribution in [1.82, 2.24) is 9.71 Å². The van der Waals surface area contributed by atoms with E-state index in [-0.39, 0.29) is 4.90 Å². The molecular formula is C12H21N3O2S. The van der Waals surface area contributed by atoms with Crippen LogP contribution in [0.3, 0.4) is 0 Å². The molecule has 0 bridgehead atoms. The van der Waals surface area contributed by atoms with Crippen molar-refractivity contribution in [3.8, 4) is 0 Å². The van der Waals surface area contributed by atoms with Gasteiger partial charge in [-0.2, -0.15) is 0 Å². The third kappa shape index (κ3) is 4.62. The first-order valence-electron chi connectivity index (χ1n) is 6.23. The van der Waals surface area contributed by atoms with Crippen molar-refractivity contribution < 1.29 is 8.42 Å². The number of hydrogen-bond donors (Lipinski definition) is 2. The predicted octanol–water partition coefficient (Wildman–Crippen LogP) is 1.98. The molecule has 0 saturated carbocycles. The molecule has 1 aromatic heterocycles. The minimum Gasteiger partial charge on any atom is -0.373 e. The average molecular weight is 271 g/mol. The number of hydrogen-bond acceptors (Lipinski definition) is 4. The zero-order valence-corrected chi connectivity index (χ0v) is 11.8. The van der Waals surface area contributed by atoms with Gasteiger partial charge in [0, 0.05) is 19.8 Å². The highest BCUT2D eigenvalue weighted by atomic mass is 32.2. The van der Waals surface area contributed by atoms with Gasteiger partial charge in [-0.3, -0.25) is 0 Å². The zero-order chi connectivity index (χ0) is 13.4. The van der Waals surface area contributed by atoms with E-state index < -0.39 is 10.0 Å². The van der Waals surface area contributed by atoms with Crippen LogP contribution in [-0.4, -0.2) is 27.0 Å². The summed E-state index contributed by atoms with van der Waals surface area (Å²) < 4.78 is 26.4.